The molecule has 0 radical (unpaired) electrons. The number of nitrogens with zero attached hydrogens (tertiary/aromatic N) is 2. The summed E-state index contributed by atoms with van der Waals surface area (Å²) in [6, 6.07) is 4.29. The fourth-order valence-corrected chi connectivity index (χ4v) is 2.99. The standard InChI is InChI=1S/C18H20F3N3O2/c1-10(14-7-5-6-8-15(14)18(19,20)21)22-16(26)9-24-12(3)17(13(4)25)11(2)23-24/h5-8,10H,9H2,1-4H3,(H,22,26). The second-order valence-electron chi connectivity index (χ2n) is 6.13. The van der Waals surface area contributed by atoms with Crippen LogP contribution in [0.4, 0.5) is 13.2 Å². The summed E-state index contributed by atoms with van der Waals surface area (Å²) in [6.07, 6.45) is -4.50. The molecule has 26 heavy (non-hydrogen) atoms. The van der Waals surface area contributed by atoms with Gasteiger partial charge in [0.05, 0.1) is 22.9 Å². The molecule has 1 unspecified atom stereocenters. The van der Waals surface area contributed by atoms with Gasteiger partial charge in [-0.2, -0.15) is 18.3 Å². The highest BCUT2D eigenvalue weighted by molar-refractivity contribution is 5.96. The maximum Gasteiger partial charge on any atom is 0.416 e. The Morgan fingerprint density at radius 1 is 1.23 bits per heavy atom. The lowest BCUT2D eigenvalue weighted by Gasteiger charge is -2.19. The van der Waals surface area contributed by atoms with Crippen LogP contribution in [-0.2, 0) is 17.5 Å². The van der Waals surface area contributed by atoms with Gasteiger partial charge < -0.3 is 5.32 Å². The molecule has 1 amide bonds. The predicted molar refractivity (Wildman–Crippen MR) is 89.7 cm³/mol. The zero-order valence-electron chi connectivity index (χ0n) is 14.9. The molecule has 1 aromatic heterocycles. The molecule has 1 atom stereocenters. The van der Waals surface area contributed by atoms with Crippen molar-refractivity contribution in [1.29, 1.82) is 0 Å². The smallest absolute Gasteiger partial charge is 0.348 e. The minimum Gasteiger partial charge on any atom is -0.348 e. The number of ketones is 1. The predicted octanol–water partition coefficient (Wildman–Crippen LogP) is 3.60. The van der Waals surface area contributed by atoms with E-state index < -0.39 is 23.7 Å². The van der Waals surface area contributed by atoms with Gasteiger partial charge in [0.15, 0.2) is 5.78 Å². The molecule has 1 aromatic carbocycles. The van der Waals surface area contributed by atoms with Crippen LogP contribution in [0.15, 0.2) is 24.3 Å². The number of carbonyl (C=O) groups is 2. The summed E-state index contributed by atoms with van der Waals surface area (Å²) in [5.41, 5.74) is 0.726. The van der Waals surface area contributed by atoms with Crippen molar-refractivity contribution < 1.29 is 22.8 Å². The monoisotopic (exact) mass is 367 g/mol. The lowest BCUT2D eigenvalue weighted by molar-refractivity contribution is -0.138. The Balaban J connectivity index is 2.17. The van der Waals surface area contributed by atoms with Crippen molar-refractivity contribution in [3.63, 3.8) is 0 Å². The van der Waals surface area contributed by atoms with Crippen LogP contribution in [-0.4, -0.2) is 21.5 Å². The number of rotatable bonds is 5. The molecule has 0 aliphatic rings. The number of amides is 1. The highest BCUT2D eigenvalue weighted by Crippen LogP contribution is 2.34. The number of hydrogen-bond acceptors (Lipinski definition) is 3. The van der Waals surface area contributed by atoms with E-state index in [1.54, 1.807) is 13.8 Å². The minimum atomic E-state index is -4.50. The van der Waals surface area contributed by atoms with Gasteiger partial charge >= 0.3 is 6.18 Å². The molecule has 2 aromatic rings. The van der Waals surface area contributed by atoms with E-state index in [2.05, 4.69) is 10.4 Å². The summed E-state index contributed by atoms with van der Waals surface area (Å²) in [7, 11) is 0. The first kappa shape index (κ1) is 19.7. The van der Waals surface area contributed by atoms with Crippen molar-refractivity contribution in [2.24, 2.45) is 0 Å². The number of alkyl halides is 3. The highest BCUT2D eigenvalue weighted by Gasteiger charge is 2.34. The van der Waals surface area contributed by atoms with Crippen molar-refractivity contribution in [2.45, 2.75) is 46.5 Å². The Kier molecular flexibility index (Phi) is 5.53. The van der Waals surface area contributed by atoms with Gasteiger partial charge in [-0.25, -0.2) is 0 Å². The van der Waals surface area contributed by atoms with E-state index in [9.17, 15) is 22.8 Å². The quantitative estimate of drug-likeness (QED) is 0.822. The van der Waals surface area contributed by atoms with Crippen LogP contribution in [0.5, 0.6) is 0 Å². The van der Waals surface area contributed by atoms with Gasteiger partial charge in [-0.05, 0) is 39.3 Å². The first-order valence-corrected chi connectivity index (χ1v) is 8.02. The fraction of sp³-hybridized carbons (Fsp3) is 0.389. The summed E-state index contributed by atoms with van der Waals surface area (Å²) in [6.45, 7) is 6.06. The van der Waals surface area contributed by atoms with Gasteiger partial charge in [-0.1, -0.05) is 18.2 Å². The van der Waals surface area contributed by atoms with Gasteiger partial charge in [0.2, 0.25) is 5.91 Å². The second kappa shape index (κ2) is 7.31. The number of aryl methyl sites for hydroxylation is 1. The molecule has 2 rings (SSSR count). The van der Waals surface area contributed by atoms with E-state index in [1.165, 1.54) is 36.7 Å². The van der Waals surface area contributed by atoms with Crippen molar-refractivity contribution >= 4 is 11.7 Å². The maximum atomic E-state index is 13.1. The third-order valence-electron chi connectivity index (χ3n) is 4.14. The van der Waals surface area contributed by atoms with Gasteiger partial charge in [0.25, 0.3) is 0 Å². The number of benzene rings is 1. The summed E-state index contributed by atoms with van der Waals surface area (Å²) < 4.78 is 40.7. The molecule has 0 bridgehead atoms. The molecule has 5 nitrogen and oxygen atoms in total. The van der Waals surface area contributed by atoms with Crippen LogP contribution in [0.25, 0.3) is 0 Å². The van der Waals surface area contributed by atoms with Crippen LogP contribution in [0, 0.1) is 13.8 Å². The van der Waals surface area contributed by atoms with Crippen LogP contribution in [0.1, 0.15) is 52.8 Å². The molecule has 0 saturated heterocycles. The number of hydrogen-bond donors (Lipinski definition) is 1. The lowest BCUT2D eigenvalue weighted by atomic mass is 10.0. The second-order valence-corrected chi connectivity index (χ2v) is 6.13. The SMILES string of the molecule is CC(=O)c1c(C)nn(CC(=O)NC(C)c2ccccc2C(F)(F)F)c1C. The van der Waals surface area contributed by atoms with Crippen molar-refractivity contribution in [2.75, 3.05) is 0 Å². The Hall–Kier alpha value is -2.64. The summed E-state index contributed by atoms with van der Waals surface area (Å²) >= 11 is 0. The normalized spacial score (nSPS) is 12.7. The molecule has 1 N–H and O–H groups in total. The molecule has 0 aliphatic carbocycles. The Morgan fingerprint density at radius 3 is 2.38 bits per heavy atom. The van der Waals surface area contributed by atoms with E-state index in [0.29, 0.717) is 17.0 Å². The molecule has 1 heterocycles. The first-order valence-electron chi connectivity index (χ1n) is 8.02. The average Bonchev–Trinajstić information content (AvgIpc) is 2.80. The third-order valence-corrected chi connectivity index (χ3v) is 4.14. The number of carbonyl (C=O) groups excluding carboxylic acids is 2. The molecular formula is C18H20F3N3O2. The maximum absolute atomic E-state index is 13.1. The van der Waals surface area contributed by atoms with Gasteiger partial charge in [0.1, 0.15) is 6.54 Å². The molecule has 0 aliphatic heterocycles. The summed E-state index contributed by atoms with van der Waals surface area (Å²) in [5, 5.41) is 6.72. The van der Waals surface area contributed by atoms with Crippen LogP contribution >= 0.6 is 0 Å². The molecule has 8 heteroatoms. The van der Waals surface area contributed by atoms with E-state index in [-0.39, 0.29) is 17.9 Å². The summed E-state index contributed by atoms with van der Waals surface area (Å²) in [5.74, 6) is -0.644. The first-order chi connectivity index (χ1) is 12.0. The highest BCUT2D eigenvalue weighted by atomic mass is 19.4. The van der Waals surface area contributed by atoms with Crippen LogP contribution < -0.4 is 5.32 Å². The zero-order valence-corrected chi connectivity index (χ0v) is 14.9. The largest absolute Gasteiger partial charge is 0.416 e. The van der Waals surface area contributed by atoms with Crippen molar-refractivity contribution in [1.82, 2.24) is 15.1 Å². The van der Waals surface area contributed by atoms with E-state index in [4.69, 9.17) is 0 Å². The number of halogens is 3. The fourth-order valence-electron chi connectivity index (χ4n) is 2.99. The van der Waals surface area contributed by atoms with E-state index in [0.717, 1.165) is 6.07 Å². The molecular weight excluding hydrogens is 347 g/mol. The van der Waals surface area contributed by atoms with Crippen LogP contribution in [0.2, 0.25) is 0 Å². The Bertz CT molecular complexity index is 841. The van der Waals surface area contributed by atoms with Crippen molar-refractivity contribution in [3.05, 3.63) is 52.3 Å². The summed E-state index contributed by atoms with van der Waals surface area (Å²) in [4.78, 5) is 23.9. The number of aromatic nitrogens is 2. The molecule has 0 spiro atoms. The van der Waals surface area contributed by atoms with Gasteiger partial charge in [-0.3, -0.25) is 14.3 Å². The molecule has 140 valence electrons. The topological polar surface area (TPSA) is 64.0 Å². The van der Waals surface area contributed by atoms with Gasteiger partial charge in [0, 0.05) is 5.69 Å². The molecule has 0 fully saturated rings. The Morgan fingerprint density at radius 2 is 1.85 bits per heavy atom. The van der Waals surface area contributed by atoms with E-state index >= 15 is 0 Å². The minimum absolute atomic E-state index is 0.00820. The Labute approximate surface area is 149 Å². The third kappa shape index (κ3) is 4.12. The lowest BCUT2D eigenvalue weighted by Crippen LogP contribution is -2.31. The molecule has 0 saturated carbocycles. The number of nitrogens with one attached hydrogen (secondary N) is 1. The number of Topliss-reactive ketones (excluding diaryl/α,β-unsaturated/α-hetero) is 1. The zero-order chi connectivity index (χ0) is 19.6. The van der Waals surface area contributed by atoms with Gasteiger partial charge in [-0.15, -0.1) is 0 Å². The van der Waals surface area contributed by atoms with E-state index in [1.807, 2.05) is 0 Å². The van der Waals surface area contributed by atoms with Crippen molar-refractivity contribution in [3.8, 4) is 0 Å². The van der Waals surface area contributed by atoms with Crippen LogP contribution in [0.3, 0.4) is 0 Å². The average molecular weight is 367 g/mol.